The summed E-state index contributed by atoms with van der Waals surface area (Å²) in [5, 5.41) is 0. The molecule has 7 nitrogen and oxygen atoms in total. The van der Waals surface area contributed by atoms with Crippen molar-refractivity contribution in [2.75, 3.05) is 24.2 Å². The monoisotopic (exact) mass is 334 g/mol. The van der Waals surface area contributed by atoms with Crippen molar-refractivity contribution in [3.8, 4) is 0 Å². The molecule has 0 saturated carbocycles. The van der Waals surface area contributed by atoms with Crippen LogP contribution in [0.15, 0.2) is 6.33 Å². The lowest BCUT2D eigenvalue weighted by atomic mass is 10.0. The summed E-state index contributed by atoms with van der Waals surface area (Å²) < 4.78 is 8.15. The third-order valence-corrected chi connectivity index (χ3v) is 4.44. The van der Waals surface area contributed by atoms with Crippen molar-refractivity contribution >= 4 is 22.9 Å². The molecule has 2 aromatic heterocycles. The van der Waals surface area contributed by atoms with Crippen molar-refractivity contribution in [3.05, 3.63) is 6.33 Å². The van der Waals surface area contributed by atoms with Gasteiger partial charge >= 0.3 is 0 Å². The second kappa shape index (κ2) is 7.79. The predicted octanol–water partition coefficient (Wildman–Crippen LogP) is 3.22. The van der Waals surface area contributed by atoms with E-state index in [1.54, 1.807) is 6.33 Å². The second-order valence-corrected chi connectivity index (χ2v) is 6.01. The van der Waals surface area contributed by atoms with Crippen molar-refractivity contribution in [3.63, 3.8) is 0 Å². The molecule has 1 aliphatic rings. The van der Waals surface area contributed by atoms with Crippen molar-refractivity contribution < 1.29 is 4.74 Å². The van der Waals surface area contributed by atoms with Gasteiger partial charge in [0.1, 0.15) is 6.23 Å². The first-order valence-corrected chi connectivity index (χ1v) is 8.91. The minimum atomic E-state index is -0.0379. The van der Waals surface area contributed by atoms with Crippen LogP contribution in [-0.4, -0.2) is 39.2 Å². The zero-order chi connectivity index (χ0) is 17.9. The Labute approximate surface area is 144 Å². The quantitative estimate of drug-likeness (QED) is 0.924. The molecular formula is C17H30N6O. The number of rotatable bonds is 4. The summed E-state index contributed by atoms with van der Waals surface area (Å²) in [7, 11) is 1.97. The Morgan fingerprint density at radius 3 is 2.62 bits per heavy atom. The lowest BCUT2D eigenvalue weighted by Crippen LogP contribution is -2.19. The molecule has 1 fully saturated rings. The van der Waals surface area contributed by atoms with Gasteiger partial charge in [0.25, 0.3) is 0 Å². The molecular weight excluding hydrogens is 304 g/mol. The molecule has 0 bridgehead atoms. The predicted molar refractivity (Wildman–Crippen MR) is 98.0 cm³/mol. The van der Waals surface area contributed by atoms with Gasteiger partial charge in [-0.25, -0.2) is 4.98 Å². The van der Waals surface area contributed by atoms with Gasteiger partial charge in [-0.15, -0.1) is 0 Å². The highest BCUT2D eigenvalue weighted by Gasteiger charge is 2.34. The fourth-order valence-corrected chi connectivity index (χ4v) is 3.04. The summed E-state index contributed by atoms with van der Waals surface area (Å²) in [6.45, 7) is 11.2. The minimum Gasteiger partial charge on any atom is -0.368 e. The molecule has 3 rings (SSSR count). The van der Waals surface area contributed by atoms with E-state index in [2.05, 4.69) is 35.7 Å². The van der Waals surface area contributed by atoms with E-state index in [1.165, 1.54) is 0 Å². The molecule has 24 heavy (non-hydrogen) atoms. The largest absolute Gasteiger partial charge is 0.368 e. The lowest BCUT2D eigenvalue weighted by Gasteiger charge is -2.19. The minimum absolute atomic E-state index is 0.0379. The first-order chi connectivity index (χ1) is 11.5. The van der Waals surface area contributed by atoms with Crippen molar-refractivity contribution in [2.24, 2.45) is 5.92 Å². The van der Waals surface area contributed by atoms with Gasteiger partial charge in [0.15, 0.2) is 17.0 Å². The zero-order valence-electron chi connectivity index (χ0n) is 15.7. The maximum absolute atomic E-state index is 6.15. The maximum atomic E-state index is 6.15. The van der Waals surface area contributed by atoms with E-state index in [0.29, 0.717) is 12.0 Å². The van der Waals surface area contributed by atoms with E-state index in [-0.39, 0.29) is 12.2 Å². The molecule has 3 heterocycles. The van der Waals surface area contributed by atoms with Crippen LogP contribution in [0.3, 0.4) is 0 Å². The molecule has 1 saturated heterocycles. The Morgan fingerprint density at radius 2 is 2.04 bits per heavy atom. The summed E-state index contributed by atoms with van der Waals surface area (Å²) in [5.41, 5.74) is 7.42. The van der Waals surface area contributed by atoms with Crippen LogP contribution >= 0.6 is 0 Å². The Morgan fingerprint density at radius 1 is 1.33 bits per heavy atom. The highest BCUT2D eigenvalue weighted by Crippen LogP contribution is 2.37. The zero-order valence-corrected chi connectivity index (χ0v) is 15.7. The number of ether oxygens (including phenoxy) is 1. The Kier molecular flexibility index (Phi) is 5.99. The van der Waals surface area contributed by atoms with Gasteiger partial charge in [-0.2, -0.15) is 9.97 Å². The SMILES string of the molecule is CC.CC[C@@H]1C[C@H](C)[C@H](n2cnc3c(N(C)CC)nc(N)nc32)O1. The van der Waals surface area contributed by atoms with E-state index in [4.69, 9.17) is 10.5 Å². The van der Waals surface area contributed by atoms with E-state index in [0.717, 1.165) is 36.4 Å². The van der Waals surface area contributed by atoms with Crippen LogP contribution in [0.1, 0.15) is 53.7 Å². The normalized spacial score (nSPS) is 23.2. The molecule has 2 N–H and O–H groups in total. The first kappa shape index (κ1) is 18.4. The number of imidazole rings is 1. The number of fused-ring (bicyclic) bond motifs is 1. The number of nitrogens with zero attached hydrogens (tertiary/aromatic N) is 5. The van der Waals surface area contributed by atoms with Crippen LogP contribution in [-0.2, 0) is 4.74 Å². The summed E-state index contributed by atoms with van der Waals surface area (Å²) in [6.07, 6.45) is 4.14. The molecule has 1 aliphatic heterocycles. The third kappa shape index (κ3) is 3.31. The second-order valence-electron chi connectivity index (χ2n) is 6.01. The summed E-state index contributed by atoms with van der Waals surface area (Å²) in [4.78, 5) is 15.3. The molecule has 134 valence electrons. The first-order valence-electron chi connectivity index (χ1n) is 8.91. The topological polar surface area (TPSA) is 82.1 Å². The summed E-state index contributed by atoms with van der Waals surface area (Å²) in [6, 6.07) is 0. The summed E-state index contributed by atoms with van der Waals surface area (Å²) >= 11 is 0. The standard InChI is InChI=1S/C15H24N6O.C2H6/c1-5-10-7-9(3)14(22-10)21-8-17-11-12(20(4)6-2)18-15(16)19-13(11)21;1-2/h8-10,14H,5-7H2,1-4H3,(H2,16,18,19);1-2H3/t9-,10+,14+;/m0./s1. The van der Waals surface area contributed by atoms with Crippen LogP contribution in [0.25, 0.3) is 11.2 Å². The third-order valence-electron chi connectivity index (χ3n) is 4.44. The maximum Gasteiger partial charge on any atom is 0.224 e. The molecule has 2 aromatic rings. The van der Waals surface area contributed by atoms with Crippen molar-refractivity contribution in [1.82, 2.24) is 19.5 Å². The number of aromatic nitrogens is 4. The van der Waals surface area contributed by atoms with Gasteiger partial charge in [0.05, 0.1) is 12.4 Å². The fraction of sp³-hybridized carbons (Fsp3) is 0.706. The van der Waals surface area contributed by atoms with E-state index in [9.17, 15) is 0 Å². The molecule has 0 aliphatic carbocycles. The van der Waals surface area contributed by atoms with Gasteiger partial charge in [-0.05, 0) is 19.8 Å². The molecule has 3 atom stereocenters. The van der Waals surface area contributed by atoms with E-state index in [1.807, 2.05) is 30.4 Å². The average molecular weight is 334 g/mol. The van der Waals surface area contributed by atoms with Gasteiger partial charge in [0, 0.05) is 19.5 Å². The molecule has 7 heteroatoms. The Hall–Kier alpha value is -1.89. The van der Waals surface area contributed by atoms with Gasteiger partial charge in [0.2, 0.25) is 5.95 Å². The molecule has 0 amide bonds. The number of nitrogens with two attached hydrogens (primary N) is 1. The van der Waals surface area contributed by atoms with E-state index >= 15 is 0 Å². The lowest BCUT2D eigenvalue weighted by molar-refractivity contribution is -0.00903. The summed E-state index contributed by atoms with van der Waals surface area (Å²) in [5.74, 6) is 1.45. The number of anilines is 2. The van der Waals surface area contributed by atoms with Crippen LogP contribution in [0.5, 0.6) is 0 Å². The number of hydrogen-bond acceptors (Lipinski definition) is 6. The van der Waals surface area contributed by atoms with Crippen molar-refractivity contribution in [1.29, 1.82) is 0 Å². The average Bonchev–Trinajstić information content (AvgIpc) is 3.18. The highest BCUT2D eigenvalue weighted by atomic mass is 16.5. The molecule has 0 radical (unpaired) electrons. The van der Waals surface area contributed by atoms with Gasteiger partial charge in [-0.3, -0.25) is 4.57 Å². The Bertz CT molecular complexity index is 670. The smallest absolute Gasteiger partial charge is 0.224 e. The van der Waals surface area contributed by atoms with Crippen LogP contribution in [0.4, 0.5) is 11.8 Å². The number of hydrogen-bond donors (Lipinski definition) is 1. The van der Waals surface area contributed by atoms with Gasteiger partial charge < -0.3 is 15.4 Å². The van der Waals surface area contributed by atoms with E-state index < -0.39 is 0 Å². The van der Waals surface area contributed by atoms with Gasteiger partial charge in [-0.1, -0.05) is 27.7 Å². The van der Waals surface area contributed by atoms with Crippen molar-refractivity contribution in [2.45, 2.75) is 59.8 Å². The fourth-order valence-electron chi connectivity index (χ4n) is 3.04. The molecule has 0 aromatic carbocycles. The van der Waals surface area contributed by atoms with Crippen LogP contribution in [0, 0.1) is 5.92 Å². The number of nitrogen functional groups attached to an aromatic ring is 1. The highest BCUT2D eigenvalue weighted by molar-refractivity contribution is 5.84. The molecule has 0 spiro atoms. The molecule has 0 unspecified atom stereocenters. The van der Waals surface area contributed by atoms with Crippen LogP contribution in [0.2, 0.25) is 0 Å². The Balaban J connectivity index is 0.00000100. The van der Waals surface area contributed by atoms with Crippen LogP contribution < -0.4 is 10.6 Å².